The molecule has 0 aliphatic carbocycles. The van der Waals surface area contributed by atoms with E-state index < -0.39 is 10.0 Å². The number of hydrogen-bond acceptors (Lipinski definition) is 3. The Bertz CT molecular complexity index is 623. The Hall–Kier alpha value is -0.980. The first kappa shape index (κ1) is 18.1. The third kappa shape index (κ3) is 4.25. The number of nitrogens with zero attached hydrogens (tertiary/aromatic N) is 1. The Labute approximate surface area is 133 Å². The van der Waals surface area contributed by atoms with E-state index in [1.165, 1.54) is 0 Å². The van der Waals surface area contributed by atoms with Gasteiger partial charge >= 0.3 is 0 Å². The molecule has 0 aliphatic heterocycles. The molecule has 0 aromatic heterocycles. The molecule has 0 heterocycles. The minimum atomic E-state index is -3.52. The first-order chi connectivity index (χ1) is 9.57. The molecule has 6 heteroatoms. The molecule has 0 saturated carbocycles. The van der Waals surface area contributed by atoms with Crippen LogP contribution in [0.4, 0.5) is 0 Å². The van der Waals surface area contributed by atoms with Crippen LogP contribution in [0.3, 0.4) is 0 Å². The number of thiocarbonyl (C=S) groups is 1. The van der Waals surface area contributed by atoms with Crippen molar-refractivity contribution >= 4 is 27.2 Å². The molecule has 0 unspecified atom stereocenters. The van der Waals surface area contributed by atoms with Crippen LogP contribution in [0.5, 0.6) is 0 Å². The van der Waals surface area contributed by atoms with Gasteiger partial charge in [-0.2, -0.15) is 4.31 Å². The van der Waals surface area contributed by atoms with Crippen molar-refractivity contribution in [1.82, 2.24) is 4.31 Å². The van der Waals surface area contributed by atoms with Crippen LogP contribution in [0.1, 0.15) is 38.8 Å². The summed E-state index contributed by atoms with van der Waals surface area (Å²) in [6, 6.07) is 4.89. The highest BCUT2D eigenvalue weighted by Gasteiger charge is 2.28. The minimum Gasteiger partial charge on any atom is -0.389 e. The monoisotopic (exact) mass is 328 g/mol. The van der Waals surface area contributed by atoms with Crippen molar-refractivity contribution < 1.29 is 8.42 Å². The van der Waals surface area contributed by atoms with Crippen molar-refractivity contribution in [3.63, 3.8) is 0 Å². The highest BCUT2D eigenvalue weighted by Crippen LogP contribution is 2.23. The van der Waals surface area contributed by atoms with Gasteiger partial charge in [-0.15, -0.1) is 0 Å². The predicted molar refractivity (Wildman–Crippen MR) is 90.9 cm³/mol. The summed E-state index contributed by atoms with van der Waals surface area (Å²) < 4.78 is 27.3. The van der Waals surface area contributed by atoms with Crippen LogP contribution < -0.4 is 5.73 Å². The second kappa shape index (κ2) is 6.85. The summed E-state index contributed by atoms with van der Waals surface area (Å²) in [6.07, 6.45) is 0. The normalized spacial score (nSPS) is 12.4. The molecule has 0 fully saturated rings. The molecule has 1 aromatic rings. The van der Waals surface area contributed by atoms with Gasteiger partial charge in [0.05, 0.1) is 4.90 Å². The van der Waals surface area contributed by atoms with Gasteiger partial charge in [0.2, 0.25) is 10.0 Å². The first-order valence-corrected chi connectivity index (χ1v) is 8.84. The number of rotatable bonds is 6. The number of sulfonamides is 1. The van der Waals surface area contributed by atoms with Crippen molar-refractivity contribution in [3.05, 3.63) is 29.3 Å². The molecule has 0 atom stereocenters. The average Bonchev–Trinajstić information content (AvgIpc) is 2.34. The Balaban J connectivity index is 3.31. The van der Waals surface area contributed by atoms with E-state index in [0.29, 0.717) is 22.6 Å². The van der Waals surface area contributed by atoms with E-state index in [-0.39, 0.29) is 16.9 Å². The molecule has 0 amide bonds. The molecule has 118 valence electrons. The van der Waals surface area contributed by atoms with Gasteiger partial charge in [0, 0.05) is 18.2 Å². The van der Waals surface area contributed by atoms with E-state index in [1.54, 1.807) is 29.4 Å². The van der Waals surface area contributed by atoms with Gasteiger partial charge in [0.25, 0.3) is 0 Å². The van der Waals surface area contributed by atoms with Gasteiger partial charge in [-0.3, -0.25) is 0 Å². The van der Waals surface area contributed by atoms with Crippen LogP contribution in [0.15, 0.2) is 23.1 Å². The zero-order valence-electron chi connectivity index (χ0n) is 13.3. The van der Waals surface area contributed by atoms with E-state index in [9.17, 15) is 8.42 Å². The van der Waals surface area contributed by atoms with E-state index in [2.05, 4.69) is 0 Å². The number of benzene rings is 1. The summed E-state index contributed by atoms with van der Waals surface area (Å²) in [7, 11) is -3.52. The fraction of sp³-hybridized carbons (Fsp3) is 0.533. The summed E-state index contributed by atoms with van der Waals surface area (Å²) in [4.78, 5) is 0.585. The standard InChI is InChI=1S/C15H24N2O2S2/c1-10(2)9-17(11(3)4)21(18,19)14-7-6-13(15(16)20)8-12(14)5/h6-8,10-11H,9H2,1-5H3,(H2,16,20). The SMILES string of the molecule is Cc1cc(C(N)=S)ccc1S(=O)(=O)N(CC(C)C)C(C)C. The van der Waals surface area contributed by atoms with Gasteiger partial charge in [-0.05, 0) is 44.4 Å². The zero-order valence-corrected chi connectivity index (χ0v) is 14.9. The van der Waals surface area contributed by atoms with Gasteiger partial charge in [-0.25, -0.2) is 8.42 Å². The third-order valence-electron chi connectivity index (χ3n) is 3.17. The molecule has 0 saturated heterocycles. The van der Waals surface area contributed by atoms with Crippen LogP contribution in [0.2, 0.25) is 0 Å². The lowest BCUT2D eigenvalue weighted by Gasteiger charge is -2.28. The van der Waals surface area contributed by atoms with E-state index in [1.807, 2.05) is 27.7 Å². The van der Waals surface area contributed by atoms with Crippen LogP contribution in [0, 0.1) is 12.8 Å². The Kier molecular flexibility index (Phi) is 5.90. The van der Waals surface area contributed by atoms with E-state index in [4.69, 9.17) is 18.0 Å². The second-order valence-electron chi connectivity index (χ2n) is 5.91. The van der Waals surface area contributed by atoms with Gasteiger partial charge < -0.3 is 5.73 Å². The number of aryl methyl sites for hydroxylation is 1. The maximum atomic E-state index is 12.9. The maximum absolute atomic E-state index is 12.9. The second-order valence-corrected chi connectivity index (χ2v) is 8.21. The Morgan fingerprint density at radius 1 is 1.29 bits per heavy atom. The van der Waals surface area contributed by atoms with Gasteiger partial charge in [0.1, 0.15) is 4.99 Å². The lowest BCUT2D eigenvalue weighted by Crippen LogP contribution is -2.39. The van der Waals surface area contributed by atoms with E-state index >= 15 is 0 Å². The molecule has 0 aliphatic rings. The summed E-state index contributed by atoms with van der Waals surface area (Å²) in [6.45, 7) is 10.1. The van der Waals surface area contributed by atoms with Crippen molar-refractivity contribution in [2.45, 2.75) is 45.6 Å². The maximum Gasteiger partial charge on any atom is 0.243 e. The topological polar surface area (TPSA) is 63.4 Å². The molecule has 0 spiro atoms. The van der Waals surface area contributed by atoms with Crippen LogP contribution in [-0.2, 0) is 10.0 Å². The molecule has 21 heavy (non-hydrogen) atoms. The molecule has 0 bridgehead atoms. The zero-order chi connectivity index (χ0) is 16.4. The Morgan fingerprint density at radius 2 is 1.86 bits per heavy atom. The average molecular weight is 329 g/mol. The molecule has 0 radical (unpaired) electrons. The van der Waals surface area contributed by atoms with Crippen molar-refractivity contribution in [1.29, 1.82) is 0 Å². The first-order valence-electron chi connectivity index (χ1n) is 6.99. The van der Waals surface area contributed by atoms with Crippen LogP contribution >= 0.6 is 12.2 Å². The summed E-state index contributed by atoms with van der Waals surface area (Å²) in [5.41, 5.74) is 6.93. The molecular weight excluding hydrogens is 304 g/mol. The van der Waals surface area contributed by atoms with Crippen LogP contribution in [-0.4, -0.2) is 30.3 Å². The fourth-order valence-electron chi connectivity index (χ4n) is 2.16. The molecular formula is C15H24N2O2S2. The van der Waals surface area contributed by atoms with Crippen LogP contribution in [0.25, 0.3) is 0 Å². The lowest BCUT2D eigenvalue weighted by molar-refractivity contribution is 0.318. The fourth-order valence-corrected chi connectivity index (χ4v) is 4.30. The third-order valence-corrected chi connectivity index (χ3v) is 5.60. The highest BCUT2D eigenvalue weighted by molar-refractivity contribution is 7.89. The quantitative estimate of drug-likeness (QED) is 0.816. The van der Waals surface area contributed by atoms with Crippen molar-refractivity contribution in [2.75, 3.05) is 6.54 Å². The summed E-state index contributed by atoms with van der Waals surface area (Å²) >= 11 is 4.93. The Morgan fingerprint density at radius 3 is 2.24 bits per heavy atom. The molecule has 1 aromatic carbocycles. The number of nitrogens with two attached hydrogens (primary N) is 1. The smallest absolute Gasteiger partial charge is 0.243 e. The van der Waals surface area contributed by atoms with Crippen molar-refractivity contribution in [3.8, 4) is 0 Å². The van der Waals surface area contributed by atoms with Gasteiger partial charge in [-0.1, -0.05) is 32.1 Å². The van der Waals surface area contributed by atoms with Gasteiger partial charge in [0.15, 0.2) is 0 Å². The number of hydrogen-bond donors (Lipinski definition) is 1. The minimum absolute atomic E-state index is 0.0907. The molecule has 2 N–H and O–H groups in total. The summed E-state index contributed by atoms with van der Waals surface area (Å²) in [5.74, 6) is 0.262. The highest BCUT2D eigenvalue weighted by atomic mass is 32.2. The largest absolute Gasteiger partial charge is 0.389 e. The summed E-state index contributed by atoms with van der Waals surface area (Å²) in [5, 5.41) is 0. The van der Waals surface area contributed by atoms with Crippen molar-refractivity contribution in [2.24, 2.45) is 11.7 Å². The van der Waals surface area contributed by atoms with E-state index in [0.717, 1.165) is 0 Å². The molecule has 4 nitrogen and oxygen atoms in total. The molecule has 1 rings (SSSR count). The lowest BCUT2D eigenvalue weighted by atomic mass is 10.1. The predicted octanol–water partition coefficient (Wildman–Crippen LogP) is 2.68.